The number of benzene rings is 1. The summed E-state index contributed by atoms with van der Waals surface area (Å²) >= 11 is 11.9. The largest absolute Gasteiger partial charge is 0.389 e. The number of rotatable bonds is 6. The van der Waals surface area contributed by atoms with E-state index in [1.807, 2.05) is 0 Å². The van der Waals surface area contributed by atoms with Crippen LogP contribution >= 0.6 is 23.2 Å². The Balaban J connectivity index is 2.72. The van der Waals surface area contributed by atoms with Crippen LogP contribution in [0.3, 0.4) is 0 Å². The molecular formula is C12H16Cl2FNO2. The molecule has 2 N–H and O–H groups in total. The van der Waals surface area contributed by atoms with Crippen LogP contribution in [0.2, 0.25) is 10.0 Å². The Kier molecular flexibility index (Phi) is 6.32. The number of methoxy groups -OCH3 is 1. The summed E-state index contributed by atoms with van der Waals surface area (Å²) in [6.45, 7) is 2.33. The Morgan fingerprint density at radius 3 is 2.72 bits per heavy atom. The maximum Gasteiger partial charge on any atom is 0.142 e. The Morgan fingerprint density at radius 2 is 2.11 bits per heavy atom. The summed E-state index contributed by atoms with van der Waals surface area (Å²) in [6, 6.07) is 2.41. The quantitative estimate of drug-likeness (QED) is 0.793. The molecule has 0 amide bonds. The Hall–Kier alpha value is -0.390. The number of aliphatic hydroxyl groups excluding tert-OH is 1. The molecule has 0 aliphatic heterocycles. The van der Waals surface area contributed by atoms with Gasteiger partial charge in [0.05, 0.1) is 17.7 Å². The molecule has 6 heteroatoms. The van der Waals surface area contributed by atoms with Gasteiger partial charge in [-0.05, 0) is 19.1 Å². The number of nitrogens with one attached hydrogen (secondary N) is 1. The fourth-order valence-corrected chi connectivity index (χ4v) is 2.30. The highest BCUT2D eigenvalue weighted by molar-refractivity contribution is 6.36. The van der Waals surface area contributed by atoms with Gasteiger partial charge in [0.2, 0.25) is 0 Å². The summed E-state index contributed by atoms with van der Waals surface area (Å²) in [5, 5.41) is 12.9. The maximum atomic E-state index is 13.4. The van der Waals surface area contributed by atoms with Gasteiger partial charge in [-0.1, -0.05) is 23.2 Å². The van der Waals surface area contributed by atoms with Gasteiger partial charge in [0.15, 0.2) is 0 Å². The highest BCUT2D eigenvalue weighted by atomic mass is 35.5. The van der Waals surface area contributed by atoms with Crippen LogP contribution in [-0.4, -0.2) is 31.5 Å². The second kappa shape index (κ2) is 7.26. The fraction of sp³-hybridized carbons (Fsp3) is 0.500. The lowest BCUT2D eigenvalue weighted by atomic mass is 10.1. The van der Waals surface area contributed by atoms with Crippen LogP contribution in [0.25, 0.3) is 0 Å². The Labute approximate surface area is 116 Å². The van der Waals surface area contributed by atoms with E-state index in [0.717, 1.165) is 0 Å². The lowest BCUT2D eigenvalue weighted by molar-refractivity contribution is 0.0630. The minimum atomic E-state index is -0.636. The molecule has 18 heavy (non-hydrogen) atoms. The minimum absolute atomic E-state index is 0.00345. The van der Waals surface area contributed by atoms with Crippen molar-refractivity contribution >= 4 is 23.2 Å². The van der Waals surface area contributed by atoms with Gasteiger partial charge < -0.3 is 15.2 Å². The van der Waals surface area contributed by atoms with E-state index < -0.39 is 11.9 Å². The summed E-state index contributed by atoms with van der Waals surface area (Å²) in [7, 11) is 1.51. The molecule has 0 radical (unpaired) electrons. The molecule has 0 saturated carbocycles. The van der Waals surface area contributed by atoms with Gasteiger partial charge in [-0.3, -0.25) is 0 Å². The molecule has 0 unspecified atom stereocenters. The van der Waals surface area contributed by atoms with Crippen LogP contribution in [0.4, 0.5) is 4.39 Å². The molecule has 1 aromatic carbocycles. The normalized spacial score (nSPS) is 14.6. The van der Waals surface area contributed by atoms with Gasteiger partial charge in [0, 0.05) is 30.3 Å². The van der Waals surface area contributed by atoms with Crippen molar-refractivity contribution in [2.75, 3.05) is 20.3 Å². The van der Waals surface area contributed by atoms with E-state index in [1.165, 1.54) is 19.2 Å². The molecule has 2 atom stereocenters. The predicted molar refractivity (Wildman–Crippen MR) is 70.7 cm³/mol. The second-order valence-corrected chi connectivity index (χ2v) is 4.78. The fourth-order valence-electron chi connectivity index (χ4n) is 1.61. The van der Waals surface area contributed by atoms with Crippen LogP contribution in [-0.2, 0) is 4.74 Å². The van der Waals surface area contributed by atoms with Crippen LogP contribution in [0.5, 0.6) is 0 Å². The predicted octanol–water partition coefficient (Wildman–Crippen LogP) is 2.79. The Bertz CT molecular complexity index is 404. The van der Waals surface area contributed by atoms with Crippen molar-refractivity contribution < 1.29 is 14.2 Å². The van der Waals surface area contributed by atoms with Gasteiger partial charge in [0.1, 0.15) is 5.82 Å². The van der Waals surface area contributed by atoms with Crippen molar-refractivity contribution in [1.82, 2.24) is 5.32 Å². The smallest absolute Gasteiger partial charge is 0.142 e. The van der Waals surface area contributed by atoms with E-state index in [4.69, 9.17) is 27.9 Å². The summed E-state index contributed by atoms with van der Waals surface area (Å²) in [4.78, 5) is 0. The van der Waals surface area contributed by atoms with Gasteiger partial charge in [-0.2, -0.15) is 0 Å². The molecule has 0 fully saturated rings. The van der Waals surface area contributed by atoms with E-state index in [0.29, 0.717) is 17.1 Å². The lowest BCUT2D eigenvalue weighted by Crippen LogP contribution is -2.32. The molecule has 1 rings (SSSR count). The average molecular weight is 296 g/mol. The molecule has 1 aromatic rings. The summed E-state index contributed by atoms with van der Waals surface area (Å²) in [6.07, 6.45) is -0.636. The molecular weight excluding hydrogens is 280 g/mol. The third kappa shape index (κ3) is 4.07. The SMILES string of the molecule is COC[C@@H](O)CN[C@@H](C)c1c(Cl)ccc(F)c1Cl. The molecule has 0 heterocycles. The standard InChI is InChI=1S/C12H16Cl2FNO2/c1-7(16-5-8(17)6-18-2)11-9(13)3-4-10(15)12(11)14/h3-4,7-8,16-17H,5-6H2,1-2H3/t7-,8-/m0/s1. The highest BCUT2D eigenvalue weighted by Crippen LogP contribution is 2.32. The average Bonchev–Trinajstić information content (AvgIpc) is 2.32. The third-order valence-electron chi connectivity index (χ3n) is 2.53. The van der Waals surface area contributed by atoms with E-state index in [-0.39, 0.29) is 17.7 Å². The van der Waals surface area contributed by atoms with Crippen molar-refractivity contribution in [3.05, 3.63) is 33.6 Å². The van der Waals surface area contributed by atoms with Gasteiger partial charge in [-0.25, -0.2) is 4.39 Å². The molecule has 0 bridgehead atoms. The van der Waals surface area contributed by atoms with E-state index in [9.17, 15) is 9.50 Å². The molecule has 102 valence electrons. The first-order chi connectivity index (χ1) is 8.47. The second-order valence-electron chi connectivity index (χ2n) is 4.00. The zero-order chi connectivity index (χ0) is 13.7. The highest BCUT2D eigenvalue weighted by Gasteiger charge is 2.17. The molecule has 0 aliphatic rings. The van der Waals surface area contributed by atoms with Crippen molar-refractivity contribution in [3.8, 4) is 0 Å². The van der Waals surface area contributed by atoms with Crippen LogP contribution in [0.15, 0.2) is 12.1 Å². The first-order valence-corrected chi connectivity index (χ1v) is 6.26. The van der Waals surface area contributed by atoms with Gasteiger partial charge in [-0.15, -0.1) is 0 Å². The number of aliphatic hydroxyl groups is 1. The molecule has 0 saturated heterocycles. The first-order valence-electron chi connectivity index (χ1n) is 5.51. The summed E-state index contributed by atoms with van der Waals surface area (Å²) in [5.41, 5.74) is 0.489. The van der Waals surface area contributed by atoms with Crippen LogP contribution in [0, 0.1) is 5.82 Å². The molecule has 0 aliphatic carbocycles. The van der Waals surface area contributed by atoms with Crippen molar-refractivity contribution in [2.24, 2.45) is 0 Å². The molecule has 0 aromatic heterocycles. The monoisotopic (exact) mass is 295 g/mol. The van der Waals surface area contributed by atoms with Gasteiger partial charge >= 0.3 is 0 Å². The maximum absolute atomic E-state index is 13.4. The van der Waals surface area contributed by atoms with Crippen molar-refractivity contribution in [1.29, 1.82) is 0 Å². The minimum Gasteiger partial charge on any atom is -0.389 e. The summed E-state index contributed by atoms with van der Waals surface area (Å²) in [5.74, 6) is -0.512. The number of hydrogen-bond acceptors (Lipinski definition) is 3. The first kappa shape index (κ1) is 15.7. The zero-order valence-corrected chi connectivity index (χ0v) is 11.7. The topological polar surface area (TPSA) is 41.5 Å². The summed E-state index contributed by atoms with van der Waals surface area (Å²) < 4.78 is 18.2. The van der Waals surface area contributed by atoms with Crippen LogP contribution < -0.4 is 5.32 Å². The molecule has 3 nitrogen and oxygen atoms in total. The zero-order valence-electron chi connectivity index (χ0n) is 10.2. The molecule has 0 spiro atoms. The van der Waals surface area contributed by atoms with E-state index >= 15 is 0 Å². The number of ether oxygens (including phenoxy) is 1. The van der Waals surface area contributed by atoms with Crippen molar-refractivity contribution in [2.45, 2.75) is 19.1 Å². The van der Waals surface area contributed by atoms with E-state index in [2.05, 4.69) is 5.32 Å². The van der Waals surface area contributed by atoms with E-state index in [1.54, 1.807) is 6.92 Å². The van der Waals surface area contributed by atoms with Crippen LogP contribution in [0.1, 0.15) is 18.5 Å². The number of halogens is 3. The number of hydrogen-bond donors (Lipinski definition) is 2. The Morgan fingerprint density at radius 1 is 1.44 bits per heavy atom. The van der Waals surface area contributed by atoms with Crippen molar-refractivity contribution in [3.63, 3.8) is 0 Å². The van der Waals surface area contributed by atoms with Gasteiger partial charge in [0.25, 0.3) is 0 Å². The third-order valence-corrected chi connectivity index (χ3v) is 3.24. The lowest BCUT2D eigenvalue weighted by Gasteiger charge is -2.19.